The summed E-state index contributed by atoms with van der Waals surface area (Å²) in [6, 6.07) is 0.459. The Morgan fingerprint density at radius 2 is 2.33 bits per heavy atom. The molecular formula is C11H22N2O2. The maximum Gasteiger partial charge on any atom is 0.409 e. The van der Waals surface area contributed by atoms with E-state index in [1.165, 1.54) is 12.8 Å². The van der Waals surface area contributed by atoms with E-state index in [0.717, 1.165) is 26.1 Å². The lowest BCUT2D eigenvalue weighted by Gasteiger charge is -2.24. The van der Waals surface area contributed by atoms with Crippen LogP contribution in [0.4, 0.5) is 4.79 Å². The van der Waals surface area contributed by atoms with Gasteiger partial charge in [0.2, 0.25) is 0 Å². The number of hydrogen-bond donors (Lipinski definition) is 1. The van der Waals surface area contributed by atoms with Crippen LogP contribution in [0, 0.1) is 0 Å². The van der Waals surface area contributed by atoms with Crippen molar-refractivity contribution in [3.05, 3.63) is 0 Å². The average molecular weight is 214 g/mol. The van der Waals surface area contributed by atoms with E-state index in [1.807, 2.05) is 11.8 Å². The third-order valence-electron chi connectivity index (χ3n) is 2.62. The molecule has 1 fully saturated rings. The molecule has 0 bridgehead atoms. The van der Waals surface area contributed by atoms with Crippen LogP contribution < -0.4 is 5.32 Å². The van der Waals surface area contributed by atoms with Crippen LogP contribution in [0.2, 0.25) is 0 Å². The number of carbonyl (C=O) groups excluding carboxylic acids is 1. The van der Waals surface area contributed by atoms with Crippen LogP contribution >= 0.6 is 0 Å². The van der Waals surface area contributed by atoms with Gasteiger partial charge >= 0.3 is 6.09 Å². The van der Waals surface area contributed by atoms with Gasteiger partial charge in [0.1, 0.15) is 0 Å². The molecule has 88 valence electrons. The van der Waals surface area contributed by atoms with Crippen LogP contribution in [-0.2, 0) is 4.74 Å². The minimum atomic E-state index is -0.173. The molecule has 4 nitrogen and oxygen atoms in total. The fourth-order valence-corrected chi connectivity index (χ4v) is 1.92. The van der Waals surface area contributed by atoms with Crippen LogP contribution in [0.15, 0.2) is 0 Å². The molecule has 0 spiro atoms. The third-order valence-corrected chi connectivity index (χ3v) is 2.62. The van der Waals surface area contributed by atoms with Crippen molar-refractivity contribution in [1.29, 1.82) is 0 Å². The summed E-state index contributed by atoms with van der Waals surface area (Å²) in [6.07, 6.45) is 3.19. The number of carbonyl (C=O) groups is 1. The highest BCUT2D eigenvalue weighted by molar-refractivity contribution is 5.67. The Bertz CT molecular complexity index is 191. The van der Waals surface area contributed by atoms with Gasteiger partial charge in [-0.1, -0.05) is 6.92 Å². The molecule has 1 unspecified atom stereocenters. The summed E-state index contributed by atoms with van der Waals surface area (Å²) in [5.41, 5.74) is 0. The first-order valence-electron chi connectivity index (χ1n) is 5.93. The molecule has 0 aromatic carbocycles. The minimum Gasteiger partial charge on any atom is -0.450 e. The van der Waals surface area contributed by atoms with E-state index in [0.29, 0.717) is 12.6 Å². The quantitative estimate of drug-likeness (QED) is 0.756. The Balaban J connectivity index is 2.37. The van der Waals surface area contributed by atoms with Crippen LogP contribution in [0.3, 0.4) is 0 Å². The molecule has 0 aliphatic carbocycles. The summed E-state index contributed by atoms with van der Waals surface area (Å²) in [7, 11) is 0. The van der Waals surface area contributed by atoms with E-state index in [1.54, 1.807) is 0 Å². The van der Waals surface area contributed by atoms with E-state index in [2.05, 4.69) is 12.2 Å². The monoisotopic (exact) mass is 214 g/mol. The molecule has 1 rings (SSSR count). The van der Waals surface area contributed by atoms with Gasteiger partial charge in [-0.15, -0.1) is 0 Å². The van der Waals surface area contributed by atoms with Crippen LogP contribution in [-0.4, -0.2) is 43.3 Å². The Kier molecular flexibility index (Phi) is 5.47. The number of hydrogen-bond acceptors (Lipinski definition) is 3. The second-order valence-electron chi connectivity index (χ2n) is 3.94. The number of rotatable bonds is 5. The van der Waals surface area contributed by atoms with Gasteiger partial charge in [-0.3, -0.25) is 0 Å². The third kappa shape index (κ3) is 4.08. The topological polar surface area (TPSA) is 41.6 Å². The number of nitrogens with zero attached hydrogens (tertiary/aromatic N) is 1. The second-order valence-corrected chi connectivity index (χ2v) is 3.94. The zero-order valence-corrected chi connectivity index (χ0v) is 9.79. The van der Waals surface area contributed by atoms with Crippen molar-refractivity contribution >= 4 is 6.09 Å². The fraction of sp³-hybridized carbons (Fsp3) is 0.909. The molecule has 0 aromatic rings. The van der Waals surface area contributed by atoms with Crippen molar-refractivity contribution in [3.63, 3.8) is 0 Å². The highest BCUT2D eigenvalue weighted by atomic mass is 16.6. The highest BCUT2D eigenvalue weighted by Crippen LogP contribution is 2.08. The summed E-state index contributed by atoms with van der Waals surface area (Å²) in [5.74, 6) is 0. The van der Waals surface area contributed by atoms with E-state index in [-0.39, 0.29) is 6.09 Å². The SMILES string of the molecule is CCCN(CC1CCCN1)C(=O)OCC. The maximum absolute atomic E-state index is 11.6. The van der Waals surface area contributed by atoms with Gasteiger partial charge in [0.25, 0.3) is 0 Å². The summed E-state index contributed by atoms with van der Waals surface area (Å²) >= 11 is 0. The first-order valence-corrected chi connectivity index (χ1v) is 5.93. The number of ether oxygens (including phenoxy) is 1. The predicted molar refractivity (Wildman–Crippen MR) is 59.9 cm³/mol. The van der Waals surface area contributed by atoms with E-state index >= 15 is 0 Å². The van der Waals surface area contributed by atoms with Crippen LogP contribution in [0.5, 0.6) is 0 Å². The lowest BCUT2D eigenvalue weighted by molar-refractivity contribution is 0.104. The van der Waals surface area contributed by atoms with E-state index in [4.69, 9.17) is 4.74 Å². The first-order chi connectivity index (χ1) is 7.27. The van der Waals surface area contributed by atoms with Gasteiger partial charge in [0.15, 0.2) is 0 Å². The van der Waals surface area contributed by atoms with Crippen molar-refractivity contribution < 1.29 is 9.53 Å². The Labute approximate surface area is 92.0 Å². The standard InChI is InChI=1S/C11H22N2O2/c1-3-8-13(11(14)15-4-2)9-10-6-5-7-12-10/h10,12H,3-9H2,1-2H3. The molecule has 4 heteroatoms. The van der Waals surface area contributed by atoms with Crippen molar-refractivity contribution in [2.75, 3.05) is 26.2 Å². The summed E-state index contributed by atoms with van der Waals surface area (Å²) in [4.78, 5) is 13.4. The highest BCUT2D eigenvalue weighted by Gasteiger charge is 2.21. The van der Waals surface area contributed by atoms with Crippen molar-refractivity contribution in [3.8, 4) is 0 Å². The largest absolute Gasteiger partial charge is 0.450 e. The van der Waals surface area contributed by atoms with Gasteiger partial charge in [-0.05, 0) is 32.7 Å². The molecule has 1 aliphatic rings. The molecular weight excluding hydrogens is 192 g/mol. The Morgan fingerprint density at radius 3 is 2.87 bits per heavy atom. The summed E-state index contributed by atoms with van der Waals surface area (Å²) in [5, 5.41) is 3.39. The second kappa shape index (κ2) is 6.67. The molecule has 1 aliphatic heterocycles. The van der Waals surface area contributed by atoms with Crippen LogP contribution in [0.25, 0.3) is 0 Å². The molecule has 15 heavy (non-hydrogen) atoms. The maximum atomic E-state index is 11.6. The van der Waals surface area contributed by atoms with Crippen molar-refractivity contribution in [1.82, 2.24) is 10.2 Å². The zero-order chi connectivity index (χ0) is 11.1. The Hall–Kier alpha value is -0.770. The molecule has 1 heterocycles. The van der Waals surface area contributed by atoms with Gasteiger partial charge in [0, 0.05) is 19.1 Å². The van der Waals surface area contributed by atoms with Gasteiger partial charge < -0.3 is 15.0 Å². The summed E-state index contributed by atoms with van der Waals surface area (Å²) in [6.45, 7) is 7.03. The molecule has 1 amide bonds. The average Bonchev–Trinajstić information content (AvgIpc) is 2.70. The Morgan fingerprint density at radius 1 is 1.53 bits per heavy atom. The lowest BCUT2D eigenvalue weighted by atomic mass is 10.2. The van der Waals surface area contributed by atoms with E-state index < -0.39 is 0 Å². The van der Waals surface area contributed by atoms with Crippen LogP contribution in [0.1, 0.15) is 33.1 Å². The molecule has 1 N–H and O–H groups in total. The zero-order valence-electron chi connectivity index (χ0n) is 9.79. The fourth-order valence-electron chi connectivity index (χ4n) is 1.92. The summed E-state index contributed by atoms with van der Waals surface area (Å²) < 4.78 is 5.03. The predicted octanol–water partition coefficient (Wildman–Crippen LogP) is 1.61. The molecule has 1 atom stereocenters. The number of nitrogens with one attached hydrogen (secondary N) is 1. The van der Waals surface area contributed by atoms with Gasteiger partial charge in [0.05, 0.1) is 6.61 Å². The van der Waals surface area contributed by atoms with Crippen molar-refractivity contribution in [2.24, 2.45) is 0 Å². The van der Waals surface area contributed by atoms with Crippen molar-refractivity contribution in [2.45, 2.75) is 39.2 Å². The molecule has 0 radical (unpaired) electrons. The molecule has 1 saturated heterocycles. The lowest BCUT2D eigenvalue weighted by Crippen LogP contribution is -2.41. The van der Waals surface area contributed by atoms with Gasteiger partial charge in [-0.25, -0.2) is 4.79 Å². The minimum absolute atomic E-state index is 0.173. The van der Waals surface area contributed by atoms with Gasteiger partial charge in [-0.2, -0.15) is 0 Å². The first kappa shape index (κ1) is 12.3. The smallest absolute Gasteiger partial charge is 0.409 e. The van der Waals surface area contributed by atoms with E-state index in [9.17, 15) is 4.79 Å². The number of amides is 1. The molecule has 0 aromatic heterocycles. The molecule has 0 saturated carbocycles. The normalized spacial score (nSPS) is 20.3.